The molecule has 2 saturated heterocycles. The summed E-state index contributed by atoms with van der Waals surface area (Å²) in [4.78, 5) is 27.3. The third-order valence-corrected chi connectivity index (χ3v) is 10.7. The van der Waals surface area contributed by atoms with Crippen LogP contribution in [0.1, 0.15) is 72.5 Å². The van der Waals surface area contributed by atoms with Gasteiger partial charge in [0.2, 0.25) is 0 Å². The molecule has 0 aliphatic carbocycles. The molecule has 4 N–H and O–H groups in total. The number of ether oxygens (including phenoxy) is 2. The number of rotatable bonds is 12. The number of carbonyl (C=O) groups is 2. The van der Waals surface area contributed by atoms with Crippen LogP contribution in [0.2, 0.25) is 5.02 Å². The molecule has 2 heterocycles. The van der Waals surface area contributed by atoms with E-state index in [1.165, 1.54) is 6.92 Å². The molecular weight excluding hydrogens is 678 g/mol. The molecule has 4 aromatic carbocycles. The fourth-order valence-corrected chi connectivity index (χ4v) is 7.19. The number of amides is 2. The molecule has 2 aliphatic heterocycles. The Bertz CT molecular complexity index is 1760. The van der Waals surface area contributed by atoms with Gasteiger partial charge in [0.05, 0.1) is 30.5 Å². The van der Waals surface area contributed by atoms with Crippen LogP contribution in [-0.2, 0) is 39.4 Å². The minimum absolute atomic E-state index is 0.0241. The number of aliphatic hydroxyl groups excluding tert-OH is 1. The SMILES string of the molecule is CC(=O)C(Cc1ccccc1)NC(=O)NCc1ccc(C2OC(CN3CCC(O)(c4ccc(Cl)cc4)CC3)C(C)C(c3ccc(CO)cc3)O2)cc1. The normalized spacial score (nSPS) is 22.3. The fraction of sp³-hybridized carbons (Fsp3) is 0.381. The zero-order valence-corrected chi connectivity index (χ0v) is 30.5. The molecule has 4 aromatic rings. The van der Waals surface area contributed by atoms with Gasteiger partial charge < -0.3 is 35.2 Å². The number of carbonyl (C=O) groups excluding carboxylic acids is 2. The number of benzene rings is 4. The molecular formula is C42H48ClN3O6. The lowest BCUT2D eigenvalue weighted by Gasteiger charge is -2.45. The largest absolute Gasteiger partial charge is 0.392 e. The van der Waals surface area contributed by atoms with Gasteiger partial charge in [-0.3, -0.25) is 4.79 Å². The van der Waals surface area contributed by atoms with Gasteiger partial charge in [0.1, 0.15) is 0 Å². The Morgan fingerprint density at radius 3 is 2.13 bits per heavy atom. The van der Waals surface area contributed by atoms with Crippen molar-refractivity contribution in [3.05, 3.63) is 142 Å². The van der Waals surface area contributed by atoms with Gasteiger partial charge in [0.15, 0.2) is 12.1 Å². The highest BCUT2D eigenvalue weighted by atomic mass is 35.5. The second-order valence-electron chi connectivity index (χ2n) is 14.1. The molecule has 0 spiro atoms. The van der Waals surface area contributed by atoms with Crippen molar-refractivity contribution in [2.75, 3.05) is 19.6 Å². The summed E-state index contributed by atoms with van der Waals surface area (Å²) in [5.41, 5.74) is 4.57. The zero-order chi connectivity index (χ0) is 36.7. The Hall–Kier alpha value is -4.09. The number of urea groups is 1. The molecule has 0 bridgehead atoms. The van der Waals surface area contributed by atoms with Gasteiger partial charge in [-0.1, -0.05) is 110 Å². The molecule has 52 heavy (non-hydrogen) atoms. The summed E-state index contributed by atoms with van der Waals surface area (Å²) in [7, 11) is 0. The van der Waals surface area contributed by atoms with Crippen molar-refractivity contribution >= 4 is 23.4 Å². The molecule has 0 saturated carbocycles. The van der Waals surface area contributed by atoms with E-state index in [9.17, 15) is 19.8 Å². The number of Topliss-reactive ketones (excluding diaryl/α,β-unsaturated/α-hetero) is 1. The summed E-state index contributed by atoms with van der Waals surface area (Å²) < 4.78 is 13.3. The Labute approximate surface area is 310 Å². The predicted molar refractivity (Wildman–Crippen MR) is 200 cm³/mol. The molecule has 274 valence electrons. The number of nitrogens with one attached hydrogen (secondary N) is 2. The lowest BCUT2D eigenvalue weighted by Crippen LogP contribution is -2.49. The van der Waals surface area contributed by atoms with Crippen molar-refractivity contribution in [2.24, 2.45) is 5.92 Å². The first-order chi connectivity index (χ1) is 25.1. The summed E-state index contributed by atoms with van der Waals surface area (Å²) in [6.07, 6.45) is 0.615. The van der Waals surface area contributed by atoms with E-state index >= 15 is 0 Å². The highest BCUT2D eigenvalue weighted by Crippen LogP contribution is 2.42. The maximum Gasteiger partial charge on any atom is 0.315 e. The molecule has 9 nitrogen and oxygen atoms in total. The maximum absolute atomic E-state index is 12.7. The second kappa shape index (κ2) is 17.2. The molecule has 2 aliphatic rings. The Morgan fingerprint density at radius 2 is 1.50 bits per heavy atom. The summed E-state index contributed by atoms with van der Waals surface area (Å²) in [5, 5.41) is 27.4. The van der Waals surface area contributed by atoms with Gasteiger partial charge in [-0.2, -0.15) is 0 Å². The van der Waals surface area contributed by atoms with Crippen LogP contribution in [0.15, 0.2) is 103 Å². The molecule has 2 amide bonds. The van der Waals surface area contributed by atoms with Crippen molar-refractivity contribution in [1.29, 1.82) is 0 Å². The van der Waals surface area contributed by atoms with E-state index in [1.807, 2.05) is 103 Å². The third kappa shape index (κ3) is 9.46. The lowest BCUT2D eigenvalue weighted by molar-refractivity contribution is -0.277. The third-order valence-electron chi connectivity index (χ3n) is 10.4. The first kappa shape index (κ1) is 37.7. The summed E-state index contributed by atoms with van der Waals surface area (Å²) in [6.45, 7) is 6.02. The fourth-order valence-electron chi connectivity index (χ4n) is 7.07. The van der Waals surface area contributed by atoms with Crippen LogP contribution in [0, 0.1) is 5.92 Å². The van der Waals surface area contributed by atoms with Gasteiger partial charge in [0.25, 0.3) is 0 Å². The molecule has 10 heteroatoms. The monoisotopic (exact) mass is 725 g/mol. The van der Waals surface area contributed by atoms with E-state index < -0.39 is 24.0 Å². The van der Waals surface area contributed by atoms with Crippen molar-refractivity contribution < 1.29 is 29.3 Å². The Balaban J connectivity index is 1.10. The van der Waals surface area contributed by atoms with Crippen LogP contribution >= 0.6 is 11.6 Å². The van der Waals surface area contributed by atoms with Crippen molar-refractivity contribution in [1.82, 2.24) is 15.5 Å². The number of hydrogen-bond donors (Lipinski definition) is 4. The van der Waals surface area contributed by atoms with Crippen LogP contribution < -0.4 is 10.6 Å². The van der Waals surface area contributed by atoms with E-state index in [0.29, 0.717) is 30.8 Å². The lowest BCUT2D eigenvalue weighted by atomic mass is 9.84. The highest BCUT2D eigenvalue weighted by molar-refractivity contribution is 6.30. The number of hydrogen-bond acceptors (Lipinski definition) is 7. The van der Waals surface area contributed by atoms with E-state index in [-0.39, 0.29) is 37.1 Å². The van der Waals surface area contributed by atoms with Crippen LogP contribution in [0.5, 0.6) is 0 Å². The van der Waals surface area contributed by atoms with Gasteiger partial charge in [-0.25, -0.2) is 4.79 Å². The van der Waals surface area contributed by atoms with Crippen molar-refractivity contribution in [2.45, 2.75) is 76.4 Å². The first-order valence-electron chi connectivity index (χ1n) is 18.0. The Kier molecular flexibility index (Phi) is 12.4. The minimum Gasteiger partial charge on any atom is -0.392 e. The minimum atomic E-state index is -0.892. The molecule has 2 fully saturated rings. The maximum atomic E-state index is 12.7. The standard InChI is InChI=1S/C42H48ClN3O6/c1-28-38(26-46-22-20-42(50,21-23-46)35-16-18-36(43)19-17-35)51-40(52-39(28)33-12-10-32(27-47)11-13-33)34-14-8-31(9-15-34)25-44-41(49)45-37(29(2)48)24-30-6-4-3-5-7-30/h3-19,28,37-40,47,50H,20-27H2,1-2H3,(H2,44,45,49). The summed E-state index contributed by atoms with van der Waals surface area (Å²) in [5.74, 6) is -0.0816. The summed E-state index contributed by atoms with van der Waals surface area (Å²) in [6, 6.07) is 31.7. The van der Waals surface area contributed by atoms with Crippen LogP contribution in [-0.4, -0.2) is 58.7 Å². The highest BCUT2D eigenvalue weighted by Gasteiger charge is 2.41. The van der Waals surface area contributed by atoms with Gasteiger partial charge >= 0.3 is 6.03 Å². The quantitative estimate of drug-likeness (QED) is 0.130. The van der Waals surface area contributed by atoms with Crippen molar-refractivity contribution in [3.63, 3.8) is 0 Å². The average molecular weight is 726 g/mol. The zero-order valence-electron chi connectivity index (χ0n) is 29.7. The number of ketones is 1. The number of piperidine rings is 1. The van der Waals surface area contributed by atoms with Crippen LogP contribution in [0.3, 0.4) is 0 Å². The van der Waals surface area contributed by atoms with E-state index in [4.69, 9.17) is 21.1 Å². The van der Waals surface area contributed by atoms with Crippen LogP contribution in [0.25, 0.3) is 0 Å². The molecule has 5 atom stereocenters. The van der Waals surface area contributed by atoms with Gasteiger partial charge in [-0.15, -0.1) is 0 Å². The predicted octanol–water partition coefficient (Wildman–Crippen LogP) is 6.61. The molecule has 0 aromatic heterocycles. The number of nitrogens with zero attached hydrogens (tertiary/aromatic N) is 1. The number of halogens is 1. The second-order valence-corrected chi connectivity index (χ2v) is 14.5. The van der Waals surface area contributed by atoms with Gasteiger partial charge in [0, 0.05) is 42.7 Å². The van der Waals surface area contributed by atoms with Crippen LogP contribution in [0.4, 0.5) is 4.79 Å². The van der Waals surface area contributed by atoms with E-state index in [2.05, 4.69) is 22.5 Å². The van der Waals surface area contributed by atoms with E-state index in [1.54, 1.807) is 0 Å². The average Bonchev–Trinajstić information content (AvgIpc) is 3.16. The van der Waals surface area contributed by atoms with Gasteiger partial charge in [-0.05, 0) is 66.1 Å². The number of aliphatic hydroxyl groups is 2. The topological polar surface area (TPSA) is 120 Å². The molecule has 6 rings (SSSR count). The smallest absolute Gasteiger partial charge is 0.315 e. The molecule has 5 unspecified atom stereocenters. The number of likely N-dealkylation sites (tertiary alicyclic amines) is 1. The molecule has 0 radical (unpaired) electrons. The Morgan fingerprint density at radius 1 is 0.865 bits per heavy atom. The van der Waals surface area contributed by atoms with E-state index in [0.717, 1.165) is 46.5 Å². The first-order valence-corrected chi connectivity index (χ1v) is 18.4. The summed E-state index contributed by atoms with van der Waals surface area (Å²) >= 11 is 6.09. The van der Waals surface area contributed by atoms with Crippen molar-refractivity contribution in [3.8, 4) is 0 Å².